The fourth-order valence-electron chi connectivity index (χ4n) is 1.64. The molecule has 0 atom stereocenters. The number of nitrogens with two attached hydrogens (primary N) is 1. The van der Waals surface area contributed by atoms with Gasteiger partial charge in [0.25, 0.3) is 0 Å². The highest BCUT2D eigenvalue weighted by Gasteiger charge is 2.03. The van der Waals surface area contributed by atoms with Crippen LogP contribution in [0.5, 0.6) is 11.5 Å². The number of benzene rings is 1. The molecule has 1 heterocycles. The monoisotopic (exact) mass is 241 g/mol. The minimum Gasteiger partial charge on any atom is -0.455 e. The first-order valence-electron chi connectivity index (χ1n) is 5.62. The Labute approximate surface area is 106 Å². The summed E-state index contributed by atoms with van der Waals surface area (Å²) in [5, 5.41) is 7.26. The summed E-state index contributed by atoms with van der Waals surface area (Å²) < 4.78 is 5.73. The van der Waals surface area contributed by atoms with Crippen LogP contribution in [0, 0.1) is 19.3 Å². The van der Waals surface area contributed by atoms with Gasteiger partial charge in [0.1, 0.15) is 23.0 Å². The molecular weight excluding hydrogens is 226 g/mol. The van der Waals surface area contributed by atoms with E-state index in [0.29, 0.717) is 11.4 Å². The summed E-state index contributed by atoms with van der Waals surface area (Å²) >= 11 is 0. The van der Waals surface area contributed by atoms with Crippen LogP contribution in [-0.4, -0.2) is 10.8 Å². The highest BCUT2D eigenvalue weighted by atomic mass is 16.5. The molecule has 3 N–H and O–H groups in total. The largest absolute Gasteiger partial charge is 0.455 e. The van der Waals surface area contributed by atoms with E-state index in [1.165, 1.54) is 5.56 Å². The van der Waals surface area contributed by atoms with Crippen LogP contribution in [0.2, 0.25) is 0 Å². The zero-order valence-electron chi connectivity index (χ0n) is 10.4. The summed E-state index contributed by atoms with van der Waals surface area (Å²) in [6, 6.07) is 9.42. The van der Waals surface area contributed by atoms with Crippen LogP contribution in [0.15, 0.2) is 36.5 Å². The van der Waals surface area contributed by atoms with E-state index in [4.69, 9.17) is 15.9 Å². The van der Waals surface area contributed by atoms with Crippen molar-refractivity contribution < 1.29 is 4.74 Å². The standard InChI is InChI=1S/C14H15N3O/c1-9-3-6-13(10(2)7-9)18-11-4-5-12(14(15)16)17-8-11/h3-8H,1-2H3,(H3,15,16). The number of pyridine rings is 1. The van der Waals surface area contributed by atoms with E-state index in [0.717, 1.165) is 11.3 Å². The molecule has 0 amide bonds. The Morgan fingerprint density at radius 2 is 2.00 bits per heavy atom. The number of hydrogen-bond acceptors (Lipinski definition) is 3. The Bertz CT molecular complexity index is 576. The molecule has 18 heavy (non-hydrogen) atoms. The van der Waals surface area contributed by atoms with Crippen LogP contribution < -0.4 is 10.5 Å². The van der Waals surface area contributed by atoms with Crippen molar-refractivity contribution in [1.82, 2.24) is 4.98 Å². The second-order valence-corrected chi connectivity index (χ2v) is 4.16. The van der Waals surface area contributed by atoms with Gasteiger partial charge in [-0.3, -0.25) is 5.41 Å². The number of ether oxygens (including phenoxy) is 1. The molecule has 2 aromatic rings. The molecule has 2 rings (SSSR count). The van der Waals surface area contributed by atoms with E-state index in [2.05, 4.69) is 11.1 Å². The lowest BCUT2D eigenvalue weighted by Gasteiger charge is -2.09. The minimum absolute atomic E-state index is 0.0481. The van der Waals surface area contributed by atoms with Gasteiger partial charge in [-0.15, -0.1) is 0 Å². The lowest BCUT2D eigenvalue weighted by atomic mass is 10.1. The molecule has 0 unspecified atom stereocenters. The molecule has 0 aliphatic carbocycles. The number of nitrogen functional groups attached to an aromatic ring is 1. The van der Waals surface area contributed by atoms with E-state index in [9.17, 15) is 0 Å². The molecule has 0 radical (unpaired) electrons. The Morgan fingerprint density at radius 1 is 1.22 bits per heavy atom. The molecule has 0 bridgehead atoms. The summed E-state index contributed by atoms with van der Waals surface area (Å²) in [6.07, 6.45) is 1.57. The van der Waals surface area contributed by atoms with Crippen LogP contribution in [0.25, 0.3) is 0 Å². The zero-order chi connectivity index (χ0) is 13.1. The maximum atomic E-state index is 7.26. The van der Waals surface area contributed by atoms with Crippen molar-refractivity contribution in [2.24, 2.45) is 5.73 Å². The quantitative estimate of drug-likeness (QED) is 0.641. The average molecular weight is 241 g/mol. The van der Waals surface area contributed by atoms with Crippen LogP contribution >= 0.6 is 0 Å². The minimum atomic E-state index is -0.0481. The number of aryl methyl sites for hydroxylation is 2. The number of amidine groups is 1. The first kappa shape index (κ1) is 12.1. The fourth-order valence-corrected chi connectivity index (χ4v) is 1.64. The van der Waals surface area contributed by atoms with Gasteiger partial charge >= 0.3 is 0 Å². The second kappa shape index (κ2) is 4.87. The first-order chi connectivity index (χ1) is 8.56. The summed E-state index contributed by atoms with van der Waals surface area (Å²) in [6.45, 7) is 4.04. The Kier molecular flexibility index (Phi) is 3.28. The van der Waals surface area contributed by atoms with Gasteiger partial charge in [-0.2, -0.15) is 0 Å². The maximum absolute atomic E-state index is 7.26. The fraction of sp³-hybridized carbons (Fsp3) is 0.143. The number of nitrogens with zero attached hydrogens (tertiary/aromatic N) is 1. The Hall–Kier alpha value is -2.36. The molecule has 0 aliphatic rings. The van der Waals surface area contributed by atoms with Crippen LogP contribution in [0.4, 0.5) is 0 Å². The summed E-state index contributed by atoms with van der Waals surface area (Å²) in [4.78, 5) is 4.05. The van der Waals surface area contributed by atoms with Crippen LogP contribution in [0.3, 0.4) is 0 Å². The van der Waals surface area contributed by atoms with E-state index < -0.39 is 0 Å². The smallest absolute Gasteiger partial charge is 0.145 e. The molecule has 4 nitrogen and oxygen atoms in total. The van der Waals surface area contributed by atoms with Gasteiger partial charge in [0.05, 0.1) is 6.20 Å². The number of aromatic nitrogens is 1. The van der Waals surface area contributed by atoms with Gasteiger partial charge in [0.15, 0.2) is 0 Å². The third kappa shape index (κ3) is 2.66. The van der Waals surface area contributed by atoms with Crippen molar-refractivity contribution in [3.63, 3.8) is 0 Å². The van der Waals surface area contributed by atoms with Gasteiger partial charge in [-0.1, -0.05) is 17.7 Å². The molecule has 0 saturated carbocycles. The first-order valence-corrected chi connectivity index (χ1v) is 5.62. The lowest BCUT2D eigenvalue weighted by Crippen LogP contribution is -2.12. The maximum Gasteiger partial charge on any atom is 0.145 e. The Balaban J connectivity index is 2.21. The molecular formula is C14H15N3O. The van der Waals surface area contributed by atoms with Gasteiger partial charge in [-0.25, -0.2) is 4.98 Å². The summed E-state index contributed by atoms with van der Waals surface area (Å²) in [7, 11) is 0. The molecule has 0 aliphatic heterocycles. The lowest BCUT2D eigenvalue weighted by molar-refractivity contribution is 0.476. The second-order valence-electron chi connectivity index (χ2n) is 4.16. The van der Waals surface area contributed by atoms with Gasteiger partial charge in [0, 0.05) is 0 Å². The highest BCUT2D eigenvalue weighted by Crippen LogP contribution is 2.25. The molecule has 1 aromatic heterocycles. The molecule has 0 spiro atoms. The van der Waals surface area contributed by atoms with Crippen molar-refractivity contribution in [1.29, 1.82) is 5.41 Å². The van der Waals surface area contributed by atoms with Crippen molar-refractivity contribution in [3.05, 3.63) is 53.3 Å². The van der Waals surface area contributed by atoms with Crippen molar-refractivity contribution in [3.8, 4) is 11.5 Å². The number of nitrogens with one attached hydrogen (secondary N) is 1. The highest BCUT2D eigenvalue weighted by molar-refractivity contribution is 5.92. The van der Waals surface area contributed by atoms with Crippen molar-refractivity contribution in [2.75, 3.05) is 0 Å². The predicted molar refractivity (Wildman–Crippen MR) is 71.2 cm³/mol. The zero-order valence-corrected chi connectivity index (χ0v) is 10.4. The molecule has 4 heteroatoms. The van der Waals surface area contributed by atoms with Crippen molar-refractivity contribution in [2.45, 2.75) is 13.8 Å². The van der Waals surface area contributed by atoms with Crippen molar-refractivity contribution >= 4 is 5.84 Å². The topological polar surface area (TPSA) is 72.0 Å². The predicted octanol–water partition coefficient (Wildman–Crippen LogP) is 2.77. The third-order valence-electron chi connectivity index (χ3n) is 2.57. The average Bonchev–Trinajstić information content (AvgIpc) is 2.33. The summed E-state index contributed by atoms with van der Waals surface area (Å²) in [5.74, 6) is 1.39. The van der Waals surface area contributed by atoms with Gasteiger partial charge < -0.3 is 10.5 Å². The van der Waals surface area contributed by atoms with Crippen LogP contribution in [-0.2, 0) is 0 Å². The molecule has 0 saturated heterocycles. The van der Waals surface area contributed by atoms with Gasteiger partial charge in [0.2, 0.25) is 0 Å². The number of hydrogen-bond donors (Lipinski definition) is 2. The van der Waals surface area contributed by atoms with E-state index in [-0.39, 0.29) is 5.84 Å². The molecule has 1 aromatic carbocycles. The third-order valence-corrected chi connectivity index (χ3v) is 2.57. The van der Waals surface area contributed by atoms with Crippen LogP contribution in [0.1, 0.15) is 16.8 Å². The molecule has 0 fully saturated rings. The van der Waals surface area contributed by atoms with E-state index in [1.807, 2.05) is 26.0 Å². The summed E-state index contributed by atoms with van der Waals surface area (Å²) in [5.41, 5.74) is 8.06. The number of rotatable bonds is 3. The molecule has 92 valence electrons. The Morgan fingerprint density at radius 3 is 2.56 bits per heavy atom. The SMILES string of the molecule is Cc1ccc(Oc2ccc(C(=N)N)nc2)c(C)c1. The van der Waals surface area contributed by atoms with E-state index >= 15 is 0 Å². The van der Waals surface area contributed by atoms with E-state index in [1.54, 1.807) is 18.3 Å². The van der Waals surface area contributed by atoms with Gasteiger partial charge in [-0.05, 0) is 37.6 Å². The normalized spacial score (nSPS) is 10.1.